The Kier molecular flexibility index (Phi) is 8.42. The third kappa shape index (κ3) is 6.45. The highest BCUT2D eigenvalue weighted by molar-refractivity contribution is 5.66. The van der Waals surface area contributed by atoms with Crippen LogP contribution >= 0.6 is 0 Å². The number of rotatable bonds is 9. The molecule has 1 aliphatic rings. The van der Waals surface area contributed by atoms with E-state index in [0.717, 1.165) is 30.4 Å². The molecule has 1 unspecified atom stereocenters. The number of para-hydroxylation sites is 1. The molecule has 1 aromatic rings. The Morgan fingerprint density at radius 2 is 2.19 bits per heavy atom. The Labute approximate surface area is 161 Å². The van der Waals surface area contributed by atoms with Gasteiger partial charge in [-0.25, -0.2) is 0 Å². The lowest BCUT2D eigenvalue weighted by Gasteiger charge is -2.20. The second-order valence-corrected chi connectivity index (χ2v) is 7.22. The fourth-order valence-electron chi connectivity index (χ4n) is 3.86. The number of carbonyl (C=O) groups is 1. The highest BCUT2D eigenvalue weighted by Gasteiger charge is 2.29. The molecule has 4 heteroatoms. The van der Waals surface area contributed by atoms with Gasteiger partial charge in [-0.3, -0.25) is 4.79 Å². The number of aliphatic hydroxyl groups is 1. The number of hydrogen-bond donors (Lipinski definition) is 3. The molecule has 0 spiro atoms. The number of aryl methyl sites for hydroxylation is 1. The first kappa shape index (κ1) is 21.1. The molecule has 27 heavy (non-hydrogen) atoms. The van der Waals surface area contributed by atoms with Crippen molar-refractivity contribution in [1.82, 2.24) is 0 Å². The second-order valence-electron chi connectivity index (χ2n) is 7.22. The number of hydrogen-bond acceptors (Lipinski definition) is 3. The van der Waals surface area contributed by atoms with Gasteiger partial charge in [-0.1, -0.05) is 36.8 Å². The Morgan fingerprint density at radius 1 is 1.37 bits per heavy atom. The van der Waals surface area contributed by atoms with Gasteiger partial charge in [-0.2, -0.15) is 0 Å². The Balaban J connectivity index is 2.04. The number of carboxylic acids is 1. The third-order valence-corrected chi connectivity index (χ3v) is 5.28. The second kappa shape index (κ2) is 10.8. The standard InChI is InChI=1S/C23H30O4/c1-2-3-4-11-19(24)16-15-17-8-5-12-20(17)21-13-6-9-18(23(21)27)10-7-14-22(25)26/h6,9,13,15-17,19-20,24,27H,4-5,7-8,10-12,14H2,1H3,(H,25,26)/b16-15+/t17-,19?,20+/m1/s1. The fraction of sp³-hybridized carbons (Fsp3) is 0.522. The van der Waals surface area contributed by atoms with Crippen LogP contribution in [-0.4, -0.2) is 27.4 Å². The topological polar surface area (TPSA) is 77.8 Å². The maximum atomic E-state index is 10.7. The summed E-state index contributed by atoms with van der Waals surface area (Å²) in [5.41, 5.74) is 1.77. The van der Waals surface area contributed by atoms with Gasteiger partial charge in [0.25, 0.3) is 0 Å². The van der Waals surface area contributed by atoms with Gasteiger partial charge >= 0.3 is 5.97 Å². The van der Waals surface area contributed by atoms with Gasteiger partial charge in [0.2, 0.25) is 0 Å². The number of carboxylic acid groups (broad SMARTS) is 1. The minimum atomic E-state index is -0.810. The van der Waals surface area contributed by atoms with Crippen LogP contribution in [0, 0.1) is 17.8 Å². The first-order valence-electron chi connectivity index (χ1n) is 9.81. The normalized spacial score (nSPS) is 20.4. The molecule has 146 valence electrons. The minimum absolute atomic E-state index is 0.110. The molecule has 2 rings (SSSR count). The van der Waals surface area contributed by atoms with E-state index in [1.807, 2.05) is 24.3 Å². The van der Waals surface area contributed by atoms with Crippen LogP contribution in [0.5, 0.6) is 5.75 Å². The van der Waals surface area contributed by atoms with E-state index in [2.05, 4.69) is 17.9 Å². The average molecular weight is 370 g/mol. The van der Waals surface area contributed by atoms with Crippen molar-refractivity contribution in [2.45, 2.75) is 70.3 Å². The summed E-state index contributed by atoms with van der Waals surface area (Å²) in [6.07, 6.45) is 9.16. The quantitative estimate of drug-likeness (QED) is 0.445. The van der Waals surface area contributed by atoms with Crippen molar-refractivity contribution in [3.8, 4) is 17.6 Å². The molecule has 0 amide bonds. The summed E-state index contributed by atoms with van der Waals surface area (Å²) < 4.78 is 0. The highest BCUT2D eigenvalue weighted by Crippen LogP contribution is 2.44. The summed E-state index contributed by atoms with van der Waals surface area (Å²) in [4.78, 5) is 10.7. The van der Waals surface area contributed by atoms with Gasteiger partial charge in [0.15, 0.2) is 0 Å². The SMILES string of the molecule is CC#CCCC(O)/C=C/[C@H]1CCC[C@@H]1c1cccc(CCCC(=O)O)c1O. The molecule has 1 fully saturated rings. The molecular weight excluding hydrogens is 340 g/mol. The van der Waals surface area contributed by atoms with Crippen molar-refractivity contribution < 1.29 is 20.1 Å². The van der Waals surface area contributed by atoms with Crippen LogP contribution in [0.1, 0.15) is 68.9 Å². The predicted octanol–water partition coefficient (Wildman–Crippen LogP) is 4.40. The van der Waals surface area contributed by atoms with Crippen LogP contribution in [0.15, 0.2) is 30.4 Å². The molecule has 3 atom stereocenters. The summed E-state index contributed by atoms with van der Waals surface area (Å²) in [6, 6.07) is 5.79. The number of phenolic OH excluding ortho intramolecular Hbond substituents is 1. The number of phenols is 1. The van der Waals surface area contributed by atoms with Crippen molar-refractivity contribution in [3.63, 3.8) is 0 Å². The lowest BCUT2D eigenvalue weighted by Crippen LogP contribution is -2.07. The third-order valence-electron chi connectivity index (χ3n) is 5.28. The molecule has 1 saturated carbocycles. The monoisotopic (exact) mass is 370 g/mol. The first-order chi connectivity index (χ1) is 13.0. The largest absolute Gasteiger partial charge is 0.507 e. The molecule has 4 nitrogen and oxygen atoms in total. The number of aromatic hydroxyl groups is 1. The zero-order valence-electron chi connectivity index (χ0n) is 16.0. The summed E-state index contributed by atoms with van der Waals surface area (Å²) in [7, 11) is 0. The van der Waals surface area contributed by atoms with Crippen molar-refractivity contribution >= 4 is 5.97 Å². The van der Waals surface area contributed by atoms with Crippen LogP contribution in [0.3, 0.4) is 0 Å². The average Bonchev–Trinajstić information content (AvgIpc) is 3.10. The number of aliphatic carboxylic acids is 1. The maximum Gasteiger partial charge on any atom is 0.303 e. The van der Waals surface area contributed by atoms with Crippen molar-refractivity contribution in [2.75, 3.05) is 0 Å². The van der Waals surface area contributed by atoms with Crippen LogP contribution in [-0.2, 0) is 11.2 Å². The van der Waals surface area contributed by atoms with Crippen molar-refractivity contribution in [3.05, 3.63) is 41.5 Å². The lowest BCUT2D eigenvalue weighted by atomic mass is 9.86. The Hall–Kier alpha value is -2.25. The van der Waals surface area contributed by atoms with Gasteiger partial charge in [-0.15, -0.1) is 11.8 Å². The molecule has 0 saturated heterocycles. The van der Waals surface area contributed by atoms with E-state index >= 15 is 0 Å². The molecule has 1 aromatic carbocycles. The first-order valence-corrected chi connectivity index (χ1v) is 9.81. The minimum Gasteiger partial charge on any atom is -0.507 e. The Morgan fingerprint density at radius 3 is 2.93 bits per heavy atom. The van der Waals surface area contributed by atoms with Gasteiger partial charge in [0, 0.05) is 12.8 Å². The number of allylic oxidation sites excluding steroid dienone is 1. The van der Waals surface area contributed by atoms with Crippen LogP contribution in [0.25, 0.3) is 0 Å². The summed E-state index contributed by atoms with van der Waals surface area (Å²) in [5.74, 6) is 5.84. The Bertz CT molecular complexity index is 711. The smallest absolute Gasteiger partial charge is 0.303 e. The zero-order valence-corrected chi connectivity index (χ0v) is 16.0. The van der Waals surface area contributed by atoms with E-state index in [1.54, 1.807) is 6.92 Å². The van der Waals surface area contributed by atoms with E-state index in [-0.39, 0.29) is 12.3 Å². The van der Waals surface area contributed by atoms with E-state index in [4.69, 9.17) is 5.11 Å². The van der Waals surface area contributed by atoms with Crippen molar-refractivity contribution in [2.24, 2.45) is 5.92 Å². The zero-order chi connectivity index (χ0) is 19.6. The molecule has 3 N–H and O–H groups in total. The molecule has 0 bridgehead atoms. The predicted molar refractivity (Wildman–Crippen MR) is 107 cm³/mol. The van der Waals surface area contributed by atoms with Gasteiger partial charge in [0.05, 0.1) is 6.10 Å². The van der Waals surface area contributed by atoms with E-state index in [0.29, 0.717) is 37.4 Å². The van der Waals surface area contributed by atoms with Gasteiger partial charge in [-0.05, 0) is 62.0 Å². The van der Waals surface area contributed by atoms with Crippen LogP contribution in [0.2, 0.25) is 0 Å². The van der Waals surface area contributed by atoms with Crippen LogP contribution < -0.4 is 0 Å². The molecular formula is C23H30O4. The lowest BCUT2D eigenvalue weighted by molar-refractivity contribution is -0.137. The van der Waals surface area contributed by atoms with E-state index in [1.165, 1.54) is 0 Å². The van der Waals surface area contributed by atoms with Gasteiger partial charge < -0.3 is 15.3 Å². The summed E-state index contributed by atoms with van der Waals surface area (Å²) >= 11 is 0. The molecule has 0 radical (unpaired) electrons. The molecule has 0 heterocycles. The number of aliphatic hydroxyl groups excluding tert-OH is 1. The fourth-order valence-corrected chi connectivity index (χ4v) is 3.86. The van der Waals surface area contributed by atoms with E-state index < -0.39 is 12.1 Å². The van der Waals surface area contributed by atoms with Crippen LogP contribution in [0.4, 0.5) is 0 Å². The maximum absolute atomic E-state index is 10.7. The van der Waals surface area contributed by atoms with Crippen molar-refractivity contribution in [1.29, 1.82) is 0 Å². The molecule has 0 aliphatic heterocycles. The summed E-state index contributed by atoms with van der Waals surface area (Å²) in [5, 5.41) is 29.6. The molecule has 1 aliphatic carbocycles. The molecule has 0 aromatic heterocycles. The number of benzene rings is 1. The highest BCUT2D eigenvalue weighted by atomic mass is 16.4. The summed E-state index contributed by atoms with van der Waals surface area (Å²) in [6.45, 7) is 1.80. The van der Waals surface area contributed by atoms with Gasteiger partial charge in [0.1, 0.15) is 5.75 Å². The van der Waals surface area contributed by atoms with E-state index in [9.17, 15) is 15.0 Å².